The molecule has 1 unspecified atom stereocenters. The van der Waals surface area contributed by atoms with E-state index in [1.54, 1.807) is 12.1 Å². The predicted octanol–water partition coefficient (Wildman–Crippen LogP) is 1.87. The van der Waals surface area contributed by atoms with Crippen LogP contribution in [-0.2, 0) is 11.3 Å². The zero-order valence-electron chi connectivity index (χ0n) is 11.1. The fourth-order valence-corrected chi connectivity index (χ4v) is 2.09. The van der Waals surface area contributed by atoms with Crippen molar-refractivity contribution in [3.63, 3.8) is 0 Å². The summed E-state index contributed by atoms with van der Waals surface area (Å²) in [5, 5.41) is 14.2. The Morgan fingerprint density at radius 2 is 2.32 bits per heavy atom. The topological polar surface area (TPSA) is 73.6 Å². The largest absolute Gasteiger partial charge is 0.496 e. The average molecular weight is 266 g/mol. The lowest BCUT2D eigenvalue weighted by atomic mass is 10.0. The molecule has 1 aliphatic heterocycles. The highest BCUT2D eigenvalue weighted by atomic mass is 16.6. The van der Waals surface area contributed by atoms with Crippen molar-refractivity contribution in [1.29, 1.82) is 0 Å². The molecular formula is C13H18N2O4. The molecule has 1 aromatic rings. The second-order valence-electron chi connectivity index (χ2n) is 5.01. The van der Waals surface area contributed by atoms with Gasteiger partial charge >= 0.3 is 0 Å². The molecule has 1 fully saturated rings. The minimum atomic E-state index is -0.410. The third kappa shape index (κ3) is 3.42. The number of non-ortho nitro benzene ring substituents is 1. The van der Waals surface area contributed by atoms with Gasteiger partial charge in [-0.3, -0.25) is 10.1 Å². The second kappa shape index (κ2) is 5.54. The first-order valence-electron chi connectivity index (χ1n) is 6.17. The van der Waals surface area contributed by atoms with Gasteiger partial charge in [-0.15, -0.1) is 0 Å². The number of methoxy groups -OCH3 is 1. The van der Waals surface area contributed by atoms with Crippen LogP contribution in [0.4, 0.5) is 5.69 Å². The molecule has 6 heteroatoms. The van der Waals surface area contributed by atoms with Crippen molar-refractivity contribution in [3.8, 4) is 5.75 Å². The van der Waals surface area contributed by atoms with E-state index >= 15 is 0 Å². The van der Waals surface area contributed by atoms with Crippen LogP contribution < -0.4 is 10.1 Å². The van der Waals surface area contributed by atoms with E-state index in [0.29, 0.717) is 18.9 Å². The van der Waals surface area contributed by atoms with Crippen molar-refractivity contribution in [2.45, 2.75) is 25.4 Å². The Bertz CT molecular complexity index is 470. The van der Waals surface area contributed by atoms with Gasteiger partial charge in [-0.2, -0.15) is 0 Å². The maximum absolute atomic E-state index is 10.9. The molecule has 1 atom stereocenters. The Balaban J connectivity index is 2.10. The van der Waals surface area contributed by atoms with E-state index in [2.05, 4.69) is 12.2 Å². The SMILES string of the molecule is COc1cc(CNC2(C)CCOC2)cc([N+](=O)[O-])c1. The van der Waals surface area contributed by atoms with Gasteiger partial charge in [0.2, 0.25) is 0 Å². The van der Waals surface area contributed by atoms with Crippen LogP contribution in [-0.4, -0.2) is 30.8 Å². The van der Waals surface area contributed by atoms with Gasteiger partial charge < -0.3 is 14.8 Å². The van der Waals surface area contributed by atoms with E-state index in [1.807, 2.05) is 0 Å². The number of ether oxygens (including phenoxy) is 2. The van der Waals surface area contributed by atoms with Gasteiger partial charge in [0, 0.05) is 24.8 Å². The minimum Gasteiger partial charge on any atom is -0.496 e. The molecule has 2 rings (SSSR count). The van der Waals surface area contributed by atoms with Crippen molar-refractivity contribution in [3.05, 3.63) is 33.9 Å². The van der Waals surface area contributed by atoms with Crippen LogP contribution in [0.3, 0.4) is 0 Å². The Morgan fingerprint density at radius 1 is 1.53 bits per heavy atom. The van der Waals surface area contributed by atoms with E-state index in [0.717, 1.165) is 18.6 Å². The van der Waals surface area contributed by atoms with Crippen LogP contribution in [0.1, 0.15) is 18.9 Å². The van der Waals surface area contributed by atoms with E-state index in [-0.39, 0.29) is 11.2 Å². The molecule has 0 aromatic heterocycles. The molecule has 104 valence electrons. The summed E-state index contributed by atoms with van der Waals surface area (Å²) >= 11 is 0. The van der Waals surface area contributed by atoms with Gasteiger partial charge in [-0.25, -0.2) is 0 Å². The predicted molar refractivity (Wildman–Crippen MR) is 70.3 cm³/mol. The van der Waals surface area contributed by atoms with Gasteiger partial charge in [-0.1, -0.05) is 0 Å². The third-order valence-electron chi connectivity index (χ3n) is 3.34. The highest BCUT2D eigenvalue weighted by Gasteiger charge is 2.28. The zero-order valence-corrected chi connectivity index (χ0v) is 11.1. The summed E-state index contributed by atoms with van der Waals surface area (Å²) in [6.45, 7) is 4.06. The van der Waals surface area contributed by atoms with Crippen molar-refractivity contribution >= 4 is 5.69 Å². The van der Waals surface area contributed by atoms with Crippen LogP contribution in [0, 0.1) is 10.1 Å². The van der Waals surface area contributed by atoms with Gasteiger partial charge in [0.25, 0.3) is 5.69 Å². The molecule has 6 nitrogen and oxygen atoms in total. The fraction of sp³-hybridized carbons (Fsp3) is 0.538. The monoisotopic (exact) mass is 266 g/mol. The molecule has 19 heavy (non-hydrogen) atoms. The van der Waals surface area contributed by atoms with Crippen molar-refractivity contribution in [2.24, 2.45) is 0 Å². The summed E-state index contributed by atoms with van der Waals surface area (Å²) in [5.74, 6) is 0.499. The van der Waals surface area contributed by atoms with E-state index in [1.165, 1.54) is 13.2 Å². The quantitative estimate of drug-likeness (QED) is 0.650. The standard InChI is InChI=1S/C13H18N2O4/c1-13(3-4-19-9-13)14-8-10-5-11(15(16)17)7-12(6-10)18-2/h5-7,14H,3-4,8-9H2,1-2H3. The summed E-state index contributed by atoms with van der Waals surface area (Å²) in [6, 6.07) is 4.79. The number of hydrogen-bond donors (Lipinski definition) is 1. The second-order valence-corrected chi connectivity index (χ2v) is 5.01. The molecule has 0 aliphatic carbocycles. The van der Waals surface area contributed by atoms with E-state index in [4.69, 9.17) is 9.47 Å². The lowest BCUT2D eigenvalue weighted by molar-refractivity contribution is -0.385. The summed E-state index contributed by atoms with van der Waals surface area (Å²) in [4.78, 5) is 10.4. The van der Waals surface area contributed by atoms with Crippen molar-refractivity contribution < 1.29 is 14.4 Å². The lowest BCUT2D eigenvalue weighted by Gasteiger charge is -2.23. The molecule has 1 aliphatic rings. The van der Waals surface area contributed by atoms with Crippen LogP contribution >= 0.6 is 0 Å². The van der Waals surface area contributed by atoms with Crippen molar-refractivity contribution in [1.82, 2.24) is 5.32 Å². The molecule has 0 bridgehead atoms. The smallest absolute Gasteiger partial charge is 0.273 e. The maximum atomic E-state index is 10.9. The molecule has 0 spiro atoms. The van der Waals surface area contributed by atoms with Gasteiger partial charge in [0.15, 0.2) is 0 Å². The zero-order chi connectivity index (χ0) is 13.9. The molecule has 1 saturated heterocycles. The maximum Gasteiger partial charge on any atom is 0.273 e. The number of hydrogen-bond acceptors (Lipinski definition) is 5. The van der Waals surface area contributed by atoms with Crippen LogP contribution in [0.5, 0.6) is 5.75 Å². The number of nitro groups is 1. The first-order valence-corrected chi connectivity index (χ1v) is 6.17. The first-order chi connectivity index (χ1) is 9.02. The summed E-state index contributed by atoms with van der Waals surface area (Å²) in [5.41, 5.74) is 0.820. The summed E-state index contributed by atoms with van der Waals surface area (Å²) in [6.07, 6.45) is 0.944. The fourth-order valence-electron chi connectivity index (χ4n) is 2.09. The number of benzene rings is 1. The Kier molecular flexibility index (Phi) is 4.01. The Hall–Kier alpha value is -1.66. The lowest BCUT2D eigenvalue weighted by Crippen LogP contribution is -2.42. The van der Waals surface area contributed by atoms with Crippen molar-refractivity contribution in [2.75, 3.05) is 20.3 Å². The molecule has 0 radical (unpaired) electrons. The third-order valence-corrected chi connectivity index (χ3v) is 3.34. The van der Waals surface area contributed by atoms with Gasteiger partial charge in [0.1, 0.15) is 5.75 Å². The van der Waals surface area contributed by atoms with Gasteiger partial charge in [0.05, 0.1) is 24.7 Å². The van der Waals surface area contributed by atoms with Crippen LogP contribution in [0.25, 0.3) is 0 Å². The summed E-state index contributed by atoms with van der Waals surface area (Å²) in [7, 11) is 1.50. The average Bonchev–Trinajstić information content (AvgIpc) is 2.83. The molecule has 1 N–H and O–H groups in total. The molecule has 0 saturated carbocycles. The molecular weight excluding hydrogens is 248 g/mol. The first kappa shape index (κ1) is 13.8. The Labute approximate surface area is 111 Å². The molecule has 0 amide bonds. The van der Waals surface area contributed by atoms with Crippen LogP contribution in [0.2, 0.25) is 0 Å². The number of nitrogens with zero attached hydrogens (tertiary/aromatic N) is 1. The number of rotatable bonds is 5. The normalized spacial score (nSPS) is 22.4. The van der Waals surface area contributed by atoms with E-state index in [9.17, 15) is 10.1 Å². The molecule has 1 heterocycles. The molecule has 1 aromatic carbocycles. The summed E-state index contributed by atoms with van der Waals surface area (Å²) < 4.78 is 10.4. The van der Waals surface area contributed by atoms with Gasteiger partial charge in [-0.05, 0) is 25.0 Å². The van der Waals surface area contributed by atoms with E-state index < -0.39 is 4.92 Å². The Morgan fingerprint density at radius 3 is 2.89 bits per heavy atom. The van der Waals surface area contributed by atoms with Crippen LogP contribution in [0.15, 0.2) is 18.2 Å². The highest BCUT2D eigenvalue weighted by molar-refractivity contribution is 5.42. The number of nitrogens with one attached hydrogen (secondary N) is 1. The number of nitro benzene ring substituents is 1. The highest BCUT2D eigenvalue weighted by Crippen LogP contribution is 2.24. The minimum absolute atomic E-state index is 0.0453.